The van der Waals surface area contributed by atoms with Crippen LogP contribution in [0.2, 0.25) is 10.0 Å². The predicted molar refractivity (Wildman–Crippen MR) is 125 cm³/mol. The maximum absolute atomic E-state index is 12.1. The molecule has 0 aliphatic rings. The average molecular weight is 476 g/mol. The molecule has 0 saturated heterocycles. The summed E-state index contributed by atoms with van der Waals surface area (Å²) in [7, 11) is 0. The van der Waals surface area contributed by atoms with Crippen molar-refractivity contribution in [2.45, 2.75) is 6.92 Å². The van der Waals surface area contributed by atoms with Crippen molar-refractivity contribution in [1.82, 2.24) is 5.32 Å². The highest BCUT2D eigenvalue weighted by molar-refractivity contribution is 7.80. The fourth-order valence-electron chi connectivity index (χ4n) is 2.55. The van der Waals surface area contributed by atoms with Crippen molar-refractivity contribution in [3.8, 4) is 11.3 Å². The Morgan fingerprint density at radius 3 is 2.61 bits per heavy atom. The molecule has 0 unspecified atom stereocenters. The molecule has 0 aliphatic carbocycles. The zero-order valence-electron chi connectivity index (χ0n) is 16.0. The number of rotatable bonds is 5. The third-order valence-corrected chi connectivity index (χ3v) is 5.05. The second-order valence-corrected chi connectivity index (χ2v) is 7.59. The Morgan fingerprint density at radius 2 is 1.90 bits per heavy atom. The first-order valence-corrected chi connectivity index (χ1v) is 9.99. The topological polar surface area (TPSA) is 97.4 Å². The summed E-state index contributed by atoms with van der Waals surface area (Å²) in [6.07, 6.45) is 2.74. The van der Waals surface area contributed by atoms with E-state index < -0.39 is 10.8 Å². The molecule has 0 radical (unpaired) electrons. The van der Waals surface area contributed by atoms with Crippen LogP contribution in [0.25, 0.3) is 17.4 Å². The molecule has 2 N–H and O–H groups in total. The minimum atomic E-state index is -0.611. The minimum Gasteiger partial charge on any atom is -0.457 e. The van der Waals surface area contributed by atoms with Crippen LogP contribution in [0.4, 0.5) is 11.4 Å². The summed E-state index contributed by atoms with van der Waals surface area (Å²) in [6.45, 7) is 1.91. The molecule has 0 aliphatic heterocycles. The molecule has 1 aromatic heterocycles. The lowest BCUT2D eigenvalue weighted by Crippen LogP contribution is -2.32. The summed E-state index contributed by atoms with van der Waals surface area (Å²) in [5.74, 6) is 0.579. The molecule has 0 spiro atoms. The van der Waals surface area contributed by atoms with Crippen molar-refractivity contribution < 1.29 is 14.1 Å². The summed E-state index contributed by atoms with van der Waals surface area (Å²) in [5, 5.41) is 16.7. The quantitative estimate of drug-likeness (QED) is 0.203. The minimum absolute atomic E-state index is 0.000775. The Hall–Kier alpha value is -3.20. The van der Waals surface area contributed by atoms with Crippen LogP contribution in [0.1, 0.15) is 11.3 Å². The molecule has 1 amide bonds. The lowest BCUT2D eigenvalue weighted by Gasteiger charge is -2.08. The largest absolute Gasteiger partial charge is 0.457 e. The SMILES string of the molecule is Cc1ccc(-c2ccc(/C=C/C(=O)NC(=S)Nc3ccc(Cl)c([N+](=O)[O-])c3)o2)cc1Cl. The number of nitrogens with one attached hydrogen (secondary N) is 2. The first-order chi connectivity index (χ1) is 14.7. The standard InChI is InChI=1S/C21H15Cl2N3O4S/c1-12-2-3-13(10-17(12)23)19-8-5-15(30-19)6-9-20(27)25-21(31)24-14-4-7-16(22)18(11-14)26(28)29/h2-11H,1H3,(H2,24,25,27,31)/b9-6+. The van der Waals surface area contributed by atoms with Gasteiger partial charge in [-0.05, 0) is 61.1 Å². The molecule has 31 heavy (non-hydrogen) atoms. The smallest absolute Gasteiger partial charge is 0.289 e. The van der Waals surface area contributed by atoms with E-state index in [1.807, 2.05) is 19.1 Å². The zero-order chi connectivity index (χ0) is 22.5. The lowest BCUT2D eigenvalue weighted by atomic mass is 10.1. The van der Waals surface area contributed by atoms with Crippen molar-refractivity contribution in [1.29, 1.82) is 0 Å². The fraction of sp³-hybridized carbons (Fsp3) is 0.0476. The van der Waals surface area contributed by atoms with Gasteiger partial charge in [-0.15, -0.1) is 0 Å². The van der Waals surface area contributed by atoms with Crippen molar-refractivity contribution in [2.75, 3.05) is 5.32 Å². The van der Waals surface area contributed by atoms with E-state index in [0.29, 0.717) is 22.2 Å². The molecule has 3 rings (SSSR count). The van der Waals surface area contributed by atoms with Crippen molar-refractivity contribution in [2.24, 2.45) is 0 Å². The second-order valence-electron chi connectivity index (χ2n) is 6.37. The number of anilines is 1. The number of furan rings is 1. The van der Waals surface area contributed by atoms with E-state index in [4.69, 9.17) is 39.8 Å². The van der Waals surface area contributed by atoms with Crippen LogP contribution in [0, 0.1) is 17.0 Å². The maximum atomic E-state index is 12.1. The number of nitro groups is 1. The van der Waals surface area contributed by atoms with Crippen LogP contribution < -0.4 is 10.6 Å². The van der Waals surface area contributed by atoms with Crippen LogP contribution in [0.5, 0.6) is 0 Å². The van der Waals surface area contributed by atoms with Gasteiger partial charge in [0.1, 0.15) is 16.5 Å². The fourth-order valence-corrected chi connectivity index (χ4v) is 3.13. The van der Waals surface area contributed by atoms with Gasteiger partial charge in [-0.1, -0.05) is 35.3 Å². The Labute approximate surface area is 192 Å². The van der Waals surface area contributed by atoms with E-state index in [1.165, 1.54) is 30.4 Å². The number of carbonyl (C=O) groups excluding carboxylic acids is 1. The number of nitrogens with zero attached hydrogens (tertiary/aromatic N) is 1. The van der Waals surface area contributed by atoms with Gasteiger partial charge in [0.2, 0.25) is 5.91 Å². The highest BCUT2D eigenvalue weighted by atomic mass is 35.5. The number of hydrogen-bond donors (Lipinski definition) is 2. The second kappa shape index (κ2) is 9.74. The number of aryl methyl sites for hydroxylation is 1. The van der Waals surface area contributed by atoms with E-state index in [1.54, 1.807) is 18.2 Å². The van der Waals surface area contributed by atoms with Gasteiger partial charge in [-0.25, -0.2) is 0 Å². The Bertz CT molecular complexity index is 1210. The van der Waals surface area contributed by atoms with E-state index in [9.17, 15) is 14.9 Å². The maximum Gasteiger partial charge on any atom is 0.289 e. The summed E-state index contributed by atoms with van der Waals surface area (Å²) in [6, 6.07) is 13.2. The zero-order valence-corrected chi connectivity index (χ0v) is 18.3. The Kier molecular flexibility index (Phi) is 7.06. The number of carbonyl (C=O) groups is 1. The van der Waals surface area contributed by atoms with Gasteiger partial charge in [0.25, 0.3) is 5.69 Å². The van der Waals surface area contributed by atoms with Gasteiger partial charge >= 0.3 is 0 Å². The van der Waals surface area contributed by atoms with E-state index in [2.05, 4.69) is 10.6 Å². The van der Waals surface area contributed by atoms with E-state index in [-0.39, 0.29) is 15.8 Å². The van der Waals surface area contributed by atoms with Crippen LogP contribution >= 0.6 is 35.4 Å². The lowest BCUT2D eigenvalue weighted by molar-refractivity contribution is -0.384. The number of amides is 1. The third-order valence-electron chi connectivity index (χ3n) is 4.12. The predicted octanol–water partition coefficient (Wildman–Crippen LogP) is 6.00. The van der Waals surface area contributed by atoms with E-state index >= 15 is 0 Å². The Balaban J connectivity index is 1.60. The highest BCUT2D eigenvalue weighted by Gasteiger charge is 2.13. The summed E-state index contributed by atoms with van der Waals surface area (Å²) < 4.78 is 5.71. The number of benzene rings is 2. The molecule has 158 valence electrons. The van der Waals surface area contributed by atoms with Gasteiger partial charge in [0.15, 0.2) is 5.11 Å². The summed E-state index contributed by atoms with van der Waals surface area (Å²) >= 11 is 17.0. The summed E-state index contributed by atoms with van der Waals surface area (Å²) in [5.41, 5.74) is 1.83. The molecule has 0 fully saturated rings. The molecular formula is C21H15Cl2N3O4S. The molecule has 2 aromatic carbocycles. The van der Waals surface area contributed by atoms with Crippen LogP contribution in [-0.2, 0) is 4.79 Å². The summed E-state index contributed by atoms with van der Waals surface area (Å²) in [4.78, 5) is 22.4. The highest BCUT2D eigenvalue weighted by Crippen LogP contribution is 2.28. The number of nitro benzene ring substituents is 1. The Morgan fingerprint density at radius 1 is 1.13 bits per heavy atom. The number of halogens is 2. The first-order valence-electron chi connectivity index (χ1n) is 8.83. The normalized spacial score (nSPS) is 10.8. The first kappa shape index (κ1) is 22.5. The van der Waals surface area contributed by atoms with Gasteiger partial charge in [-0.3, -0.25) is 20.2 Å². The molecular weight excluding hydrogens is 461 g/mol. The van der Waals surface area contributed by atoms with Crippen molar-refractivity contribution in [3.63, 3.8) is 0 Å². The number of thiocarbonyl (C=S) groups is 1. The molecule has 1 heterocycles. The molecule has 10 heteroatoms. The van der Waals surface area contributed by atoms with Gasteiger partial charge in [0, 0.05) is 28.4 Å². The molecule has 0 atom stereocenters. The van der Waals surface area contributed by atoms with Crippen molar-refractivity contribution >= 4 is 63.9 Å². The van der Waals surface area contributed by atoms with Crippen LogP contribution in [0.15, 0.2) is 59.0 Å². The molecule has 3 aromatic rings. The van der Waals surface area contributed by atoms with Crippen molar-refractivity contribution in [3.05, 3.63) is 86.1 Å². The van der Waals surface area contributed by atoms with E-state index in [0.717, 1.165) is 11.1 Å². The average Bonchev–Trinajstić information content (AvgIpc) is 3.19. The van der Waals surface area contributed by atoms with Gasteiger partial charge in [-0.2, -0.15) is 0 Å². The molecule has 0 saturated carbocycles. The van der Waals surface area contributed by atoms with Crippen LogP contribution in [0.3, 0.4) is 0 Å². The van der Waals surface area contributed by atoms with Gasteiger partial charge < -0.3 is 9.73 Å². The molecule has 0 bridgehead atoms. The molecule has 7 nitrogen and oxygen atoms in total. The van der Waals surface area contributed by atoms with Gasteiger partial charge in [0.05, 0.1) is 4.92 Å². The van der Waals surface area contributed by atoms with Crippen LogP contribution in [-0.4, -0.2) is 15.9 Å². The monoisotopic (exact) mass is 475 g/mol. The third kappa shape index (κ3) is 5.91. The number of hydrogen-bond acceptors (Lipinski definition) is 5.